The number of hydrogen-bond donors (Lipinski definition) is 1. The van der Waals surface area contributed by atoms with E-state index in [1.54, 1.807) is 0 Å². The van der Waals surface area contributed by atoms with Gasteiger partial charge < -0.3 is 15.0 Å². The number of carbonyl (C=O) groups is 1. The number of rotatable bonds is 4. The fourth-order valence-corrected chi connectivity index (χ4v) is 4.92. The molecule has 158 valence electrons. The third kappa shape index (κ3) is 4.37. The second-order valence-electron chi connectivity index (χ2n) is 7.83. The van der Waals surface area contributed by atoms with E-state index in [2.05, 4.69) is 34.4 Å². The van der Waals surface area contributed by atoms with E-state index in [4.69, 9.17) is 17.0 Å². The minimum absolute atomic E-state index is 0.149. The van der Waals surface area contributed by atoms with E-state index in [0.717, 1.165) is 54.0 Å². The Morgan fingerprint density at radius 2 is 1.97 bits per heavy atom. The number of aromatic nitrogens is 2. The molecule has 3 aromatic rings. The molecule has 0 atom stereocenters. The maximum atomic E-state index is 12.0. The van der Waals surface area contributed by atoms with E-state index in [1.807, 2.05) is 47.3 Å². The molecule has 3 heterocycles. The molecule has 31 heavy (non-hydrogen) atoms. The normalized spacial score (nSPS) is 19.3. The van der Waals surface area contributed by atoms with Gasteiger partial charge in [0.1, 0.15) is 22.5 Å². The summed E-state index contributed by atoms with van der Waals surface area (Å²) in [6, 6.07) is 14.1. The van der Waals surface area contributed by atoms with Gasteiger partial charge in [0, 0.05) is 18.8 Å². The lowest BCUT2D eigenvalue weighted by molar-refractivity contribution is -0.115. The van der Waals surface area contributed by atoms with E-state index in [-0.39, 0.29) is 12.0 Å². The molecule has 2 fully saturated rings. The Bertz CT molecular complexity index is 1180. The summed E-state index contributed by atoms with van der Waals surface area (Å²) in [6.45, 7) is 2.16. The third-order valence-corrected chi connectivity index (χ3v) is 6.76. The van der Waals surface area contributed by atoms with Crippen molar-refractivity contribution in [2.75, 3.05) is 20.1 Å². The Hall–Kier alpha value is -2.68. The summed E-state index contributed by atoms with van der Waals surface area (Å²) >= 11 is 6.35. The van der Waals surface area contributed by atoms with Gasteiger partial charge in [-0.1, -0.05) is 30.0 Å². The summed E-state index contributed by atoms with van der Waals surface area (Å²) in [7, 11) is 2.15. The van der Waals surface area contributed by atoms with Gasteiger partial charge in [-0.25, -0.2) is 4.98 Å². The topological polar surface area (TPSA) is 59.4 Å². The van der Waals surface area contributed by atoms with Gasteiger partial charge in [0.05, 0.1) is 15.9 Å². The third-order valence-electron chi connectivity index (χ3n) is 5.59. The van der Waals surface area contributed by atoms with Crippen molar-refractivity contribution in [3.63, 3.8) is 0 Å². The molecule has 0 aliphatic carbocycles. The van der Waals surface area contributed by atoms with Crippen molar-refractivity contribution in [2.24, 2.45) is 0 Å². The van der Waals surface area contributed by atoms with Gasteiger partial charge in [-0.05, 0) is 67.9 Å². The van der Waals surface area contributed by atoms with Gasteiger partial charge in [-0.15, -0.1) is 0 Å². The lowest BCUT2D eigenvalue weighted by Gasteiger charge is -2.29. The fourth-order valence-electron chi connectivity index (χ4n) is 3.87. The smallest absolute Gasteiger partial charge is 0.263 e. The SMILES string of the molecule is CN1CCC(Oc2ccc(-n3cnc4ccc(C=C5SC(=S)NC5=O)cc43)cc2)CC1. The van der Waals surface area contributed by atoms with Crippen molar-refractivity contribution >= 4 is 51.3 Å². The summed E-state index contributed by atoms with van der Waals surface area (Å²) in [5.74, 6) is 0.747. The highest BCUT2D eigenvalue weighted by atomic mass is 32.2. The summed E-state index contributed by atoms with van der Waals surface area (Å²) in [6.07, 6.45) is 6.08. The predicted molar refractivity (Wildman–Crippen MR) is 129 cm³/mol. The number of thioether (sulfide) groups is 1. The Kier molecular flexibility index (Phi) is 5.52. The lowest BCUT2D eigenvalue weighted by Crippen LogP contribution is -2.35. The van der Waals surface area contributed by atoms with Gasteiger partial charge in [0.25, 0.3) is 5.91 Å². The number of nitrogens with one attached hydrogen (secondary N) is 1. The van der Waals surface area contributed by atoms with Crippen LogP contribution in [0.15, 0.2) is 53.7 Å². The van der Waals surface area contributed by atoms with Crippen LogP contribution < -0.4 is 10.1 Å². The number of benzene rings is 2. The molecule has 1 N–H and O–H groups in total. The molecule has 1 amide bonds. The van der Waals surface area contributed by atoms with Crippen molar-refractivity contribution in [3.05, 3.63) is 59.3 Å². The standard InChI is InChI=1S/C23H22N4O2S2/c1-26-10-8-18(9-11-26)29-17-5-3-16(4-6-17)27-14-24-19-7-2-15(12-20(19)27)13-21-22(28)25-23(30)31-21/h2-7,12-14,18H,8-11H2,1H3,(H,25,28,30). The number of amides is 1. The van der Waals surface area contributed by atoms with Crippen molar-refractivity contribution in [1.29, 1.82) is 0 Å². The largest absolute Gasteiger partial charge is 0.490 e. The second kappa shape index (κ2) is 8.45. The molecule has 2 aliphatic rings. The number of thiocarbonyl (C=S) groups is 1. The van der Waals surface area contributed by atoms with E-state index in [0.29, 0.717) is 9.23 Å². The number of nitrogens with zero attached hydrogens (tertiary/aromatic N) is 3. The Morgan fingerprint density at radius 1 is 1.19 bits per heavy atom. The van der Waals surface area contributed by atoms with Crippen LogP contribution in [0.3, 0.4) is 0 Å². The molecule has 0 spiro atoms. The van der Waals surface area contributed by atoms with Gasteiger partial charge in [0.2, 0.25) is 0 Å². The van der Waals surface area contributed by atoms with Crippen LogP contribution in [0.5, 0.6) is 5.75 Å². The first kappa shape index (κ1) is 20.2. The second-order valence-corrected chi connectivity index (χ2v) is 9.55. The maximum Gasteiger partial charge on any atom is 0.263 e. The van der Waals surface area contributed by atoms with Crippen LogP contribution in [-0.2, 0) is 4.79 Å². The first-order valence-corrected chi connectivity index (χ1v) is 11.5. The summed E-state index contributed by atoms with van der Waals surface area (Å²) in [5, 5.41) is 2.65. The molecular weight excluding hydrogens is 428 g/mol. The highest BCUT2D eigenvalue weighted by Crippen LogP contribution is 2.28. The zero-order chi connectivity index (χ0) is 21.4. The summed E-state index contributed by atoms with van der Waals surface area (Å²) < 4.78 is 8.70. The van der Waals surface area contributed by atoms with Crippen molar-refractivity contribution < 1.29 is 9.53 Å². The molecule has 5 rings (SSSR count). The maximum absolute atomic E-state index is 12.0. The Labute approximate surface area is 190 Å². The molecular formula is C23H22N4O2S2. The lowest BCUT2D eigenvalue weighted by atomic mass is 10.1. The van der Waals surface area contributed by atoms with Crippen molar-refractivity contribution in [2.45, 2.75) is 18.9 Å². The number of hydrogen-bond acceptors (Lipinski definition) is 6. The molecule has 2 aromatic carbocycles. The minimum atomic E-state index is -0.149. The summed E-state index contributed by atoms with van der Waals surface area (Å²) in [4.78, 5) is 19.4. The Morgan fingerprint density at radius 3 is 2.68 bits per heavy atom. The molecule has 0 radical (unpaired) electrons. The highest BCUT2D eigenvalue weighted by Gasteiger charge is 2.22. The van der Waals surface area contributed by atoms with Crippen LogP contribution in [0, 0.1) is 0 Å². The van der Waals surface area contributed by atoms with Crippen LogP contribution in [-0.4, -0.2) is 50.9 Å². The molecule has 0 bridgehead atoms. The van der Waals surface area contributed by atoms with Crippen LogP contribution in [0.2, 0.25) is 0 Å². The molecule has 2 saturated heterocycles. The number of piperidine rings is 1. The average Bonchev–Trinajstić information content (AvgIpc) is 3.32. The van der Waals surface area contributed by atoms with Gasteiger partial charge >= 0.3 is 0 Å². The molecule has 1 aromatic heterocycles. The molecule has 8 heteroatoms. The zero-order valence-corrected chi connectivity index (χ0v) is 18.7. The number of ether oxygens (including phenoxy) is 1. The number of likely N-dealkylation sites (tertiary alicyclic amines) is 1. The molecule has 0 unspecified atom stereocenters. The number of fused-ring (bicyclic) bond motifs is 1. The number of imidazole rings is 1. The van der Waals surface area contributed by atoms with Gasteiger partial charge in [-0.3, -0.25) is 9.36 Å². The highest BCUT2D eigenvalue weighted by molar-refractivity contribution is 8.26. The van der Waals surface area contributed by atoms with E-state index < -0.39 is 0 Å². The minimum Gasteiger partial charge on any atom is -0.490 e. The summed E-state index contributed by atoms with van der Waals surface area (Å²) in [5.41, 5.74) is 3.81. The van der Waals surface area contributed by atoms with E-state index >= 15 is 0 Å². The quantitative estimate of drug-likeness (QED) is 0.479. The van der Waals surface area contributed by atoms with Crippen LogP contribution >= 0.6 is 24.0 Å². The average molecular weight is 451 g/mol. The molecule has 6 nitrogen and oxygen atoms in total. The monoisotopic (exact) mass is 450 g/mol. The van der Waals surface area contributed by atoms with Gasteiger partial charge in [-0.2, -0.15) is 0 Å². The van der Waals surface area contributed by atoms with Crippen LogP contribution in [0.1, 0.15) is 18.4 Å². The fraction of sp³-hybridized carbons (Fsp3) is 0.261. The Balaban J connectivity index is 1.38. The molecule has 2 aliphatic heterocycles. The van der Waals surface area contributed by atoms with Crippen LogP contribution in [0.25, 0.3) is 22.8 Å². The molecule has 0 saturated carbocycles. The number of carbonyl (C=O) groups excluding carboxylic acids is 1. The van der Waals surface area contributed by atoms with Crippen LogP contribution in [0.4, 0.5) is 0 Å². The van der Waals surface area contributed by atoms with E-state index in [9.17, 15) is 4.79 Å². The predicted octanol–water partition coefficient (Wildman–Crippen LogP) is 3.99. The first-order chi connectivity index (χ1) is 15.0. The zero-order valence-electron chi connectivity index (χ0n) is 17.1. The van der Waals surface area contributed by atoms with Gasteiger partial charge in [0.15, 0.2) is 0 Å². The van der Waals surface area contributed by atoms with Crippen molar-refractivity contribution in [3.8, 4) is 11.4 Å². The van der Waals surface area contributed by atoms with Crippen molar-refractivity contribution in [1.82, 2.24) is 19.8 Å². The first-order valence-electron chi connectivity index (χ1n) is 10.2. The van der Waals surface area contributed by atoms with E-state index in [1.165, 1.54) is 11.8 Å².